The van der Waals surface area contributed by atoms with Crippen LogP contribution in [-0.2, 0) is 4.79 Å². The van der Waals surface area contributed by atoms with Crippen molar-refractivity contribution in [3.63, 3.8) is 0 Å². The number of hydrogen-bond donors (Lipinski definition) is 2. The summed E-state index contributed by atoms with van der Waals surface area (Å²) in [6.45, 7) is 7.21. The quantitative estimate of drug-likeness (QED) is 0.831. The lowest BCUT2D eigenvalue weighted by Crippen LogP contribution is -2.48. The third kappa shape index (κ3) is 5.05. The van der Waals surface area contributed by atoms with Gasteiger partial charge in [0.05, 0.1) is 11.5 Å². The Morgan fingerprint density at radius 1 is 1.24 bits per heavy atom. The molecule has 2 N–H and O–H groups in total. The Morgan fingerprint density at radius 2 is 1.88 bits per heavy atom. The van der Waals surface area contributed by atoms with Crippen LogP contribution in [-0.4, -0.2) is 47.1 Å². The monoisotopic (exact) mass is 346 g/mol. The molecule has 1 saturated heterocycles. The van der Waals surface area contributed by atoms with Crippen LogP contribution in [0.5, 0.6) is 0 Å². The van der Waals surface area contributed by atoms with Gasteiger partial charge in [-0.3, -0.25) is 9.59 Å². The minimum absolute atomic E-state index is 0.0175. The summed E-state index contributed by atoms with van der Waals surface area (Å²) >= 11 is 0. The third-order valence-corrected chi connectivity index (χ3v) is 5.29. The molecule has 5 nitrogen and oxygen atoms in total. The number of benzene rings is 1. The molecule has 1 aliphatic rings. The van der Waals surface area contributed by atoms with Gasteiger partial charge in [-0.1, -0.05) is 31.5 Å². The molecule has 25 heavy (non-hydrogen) atoms. The molecular weight excluding hydrogens is 316 g/mol. The first-order valence-electron chi connectivity index (χ1n) is 9.24. The maximum atomic E-state index is 12.6. The van der Waals surface area contributed by atoms with E-state index in [-0.39, 0.29) is 24.3 Å². The van der Waals surface area contributed by atoms with E-state index in [1.807, 2.05) is 45.0 Å². The minimum atomic E-state index is -0.846. The van der Waals surface area contributed by atoms with Gasteiger partial charge >= 0.3 is 0 Å². The van der Waals surface area contributed by atoms with Gasteiger partial charge in [0.2, 0.25) is 5.91 Å². The summed E-state index contributed by atoms with van der Waals surface area (Å²) in [5.74, 6) is -0.293. The highest BCUT2D eigenvalue weighted by Crippen LogP contribution is 2.20. The summed E-state index contributed by atoms with van der Waals surface area (Å²) in [5, 5.41) is 13.2. The normalized spacial score (nSPS) is 18.1. The van der Waals surface area contributed by atoms with E-state index < -0.39 is 5.60 Å². The Bertz CT molecular complexity index is 593. The highest BCUT2D eigenvalue weighted by molar-refractivity contribution is 5.94. The summed E-state index contributed by atoms with van der Waals surface area (Å²) in [6, 6.07) is 7.53. The summed E-state index contributed by atoms with van der Waals surface area (Å²) in [7, 11) is 0. The van der Waals surface area contributed by atoms with Crippen molar-refractivity contribution in [2.45, 2.75) is 52.1 Å². The van der Waals surface area contributed by atoms with E-state index >= 15 is 0 Å². The zero-order valence-electron chi connectivity index (χ0n) is 15.5. The van der Waals surface area contributed by atoms with Crippen molar-refractivity contribution in [3.05, 3.63) is 35.4 Å². The second-order valence-electron chi connectivity index (χ2n) is 7.11. The molecule has 0 aliphatic carbocycles. The van der Waals surface area contributed by atoms with Crippen molar-refractivity contribution in [2.75, 3.05) is 19.6 Å². The number of carbonyl (C=O) groups excluding carboxylic acids is 2. The zero-order valence-corrected chi connectivity index (χ0v) is 15.5. The van der Waals surface area contributed by atoms with Crippen LogP contribution >= 0.6 is 0 Å². The topological polar surface area (TPSA) is 69.6 Å². The SMILES string of the molecule is CCC(O)(CC)CNC(=O)C1CCCN(C(=O)c2ccc(C)cc2)C1. The fraction of sp³-hybridized carbons (Fsp3) is 0.600. The van der Waals surface area contributed by atoms with Gasteiger partial charge < -0.3 is 15.3 Å². The van der Waals surface area contributed by atoms with Crippen molar-refractivity contribution in [1.82, 2.24) is 10.2 Å². The van der Waals surface area contributed by atoms with Crippen LogP contribution in [0.25, 0.3) is 0 Å². The lowest BCUT2D eigenvalue weighted by molar-refractivity contribution is -0.127. The Labute approximate surface area is 150 Å². The zero-order chi connectivity index (χ0) is 18.4. The van der Waals surface area contributed by atoms with Crippen LogP contribution in [0.4, 0.5) is 0 Å². The van der Waals surface area contributed by atoms with E-state index in [1.165, 1.54) is 0 Å². The van der Waals surface area contributed by atoms with Crippen LogP contribution in [0, 0.1) is 12.8 Å². The van der Waals surface area contributed by atoms with Gasteiger partial charge in [-0.05, 0) is 44.7 Å². The van der Waals surface area contributed by atoms with E-state index in [9.17, 15) is 14.7 Å². The maximum Gasteiger partial charge on any atom is 0.253 e. The summed E-state index contributed by atoms with van der Waals surface area (Å²) < 4.78 is 0. The van der Waals surface area contributed by atoms with Gasteiger partial charge in [-0.15, -0.1) is 0 Å². The van der Waals surface area contributed by atoms with Crippen LogP contribution < -0.4 is 5.32 Å². The number of nitrogens with zero attached hydrogens (tertiary/aromatic N) is 1. The molecule has 1 aliphatic heterocycles. The summed E-state index contributed by atoms with van der Waals surface area (Å²) in [5.41, 5.74) is 0.937. The number of likely N-dealkylation sites (tertiary alicyclic amines) is 1. The number of carbonyl (C=O) groups is 2. The maximum absolute atomic E-state index is 12.6. The van der Waals surface area contributed by atoms with Crippen molar-refractivity contribution in [2.24, 2.45) is 5.92 Å². The first-order chi connectivity index (χ1) is 11.9. The van der Waals surface area contributed by atoms with Crippen LogP contribution in [0.3, 0.4) is 0 Å². The number of piperidine rings is 1. The largest absolute Gasteiger partial charge is 0.388 e. The van der Waals surface area contributed by atoms with E-state index in [0.29, 0.717) is 31.5 Å². The first kappa shape index (κ1) is 19.4. The molecular formula is C20H30N2O3. The van der Waals surface area contributed by atoms with Crippen LogP contribution in [0.1, 0.15) is 55.5 Å². The molecule has 0 saturated carbocycles. The fourth-order valence-corrected chi connectivity index (χ4v) is 3.15. The molecule has 0 spiro atoms. The van der Waals surface area contributed by atoms with Gasteiger partial charge in [-0.25, -0.2) is 0 Å². The predicted molar refractivity (Wildman–Crippen MR) is 98.3 cm³/mol. The molecule has 138 valence electrons. The Morgan fingerprint density at radius 3 is 2.48 bits per heavy atom. The standard InChI is InChI=1S/C20H30N2O3/c1-4-20(25,5-2)14-21-18(23)17-7-6-12-22(13-17)19(24)16-10-8-15(3)9-11-16/h8-11,17,25H,4-7,12-14H2,1-3H3,(H,21,23). The number of amides is 2. The molecule has 0 radical (unpaired) electrons. The molecule has 2 amide bonds. The number of aliphatic hydroxyl groups is 1. The average Bonchev–Trinajstić information content (AvgIpc) is 2.66. The molecule has 1 heterocycles. The van der Waals surface area contributed by atoms with Gasteiger partial charge in [-0.2, -0.15) is 0 Å². The van der Waals surface area contributed by atoms with Crippen molar-refractivity contribution < 1.29 is 14.7 Å². The first-order valence-corrected chi connectivity index (χ1v) is 9.24. The molecule has 1 fully saturated rings. The van der Waals surface area contributed by atoms with Crippen LogP contribution in [0.15, 0.2) is 24.3 Å². The predicted octanol–water partition coefficient (Wildman–Crippen LogP) is 2.51. The van der Waals surface area contributed by atoms with Crippen LogP contribution in [0.2, 0.25) is 0 Å². The van der Waals surface area contributed by atoms with Gasteiger partial charge in [0, 0.05) is 25.2 Å². The lowest BCUT2D eigenvalue weighted by Gasteiger charge is -2.33. The van der Waals surface area contributed by atoms with Gasteiger partial charge in [0.25, 0.3) is 5.91 Å². The molecule has 1 aromatic rings. The molecule has 0 aromatic heterocycles. The Hall–Kier alpha value is -1.88. The molecule has 2 rings (SSSR count). The number of nitrogens with one attached hydrogen (secondary N) is 1. The molecule has 1 atom stereocenters. The molecule has 5 heteroatoms. The number of hydrogen-bond acceptors (Lipinski definition) is 3. The third-order valence-electron chi connectivity index (χ3n) is 5.29. The Kier molecular flexibility index (Phi) is 6.59. The summed E-state index contributed by atoms with van der Waals surface area (Å²) in [6.07, 6.45) is 2.81. The molecule has 1 unspecified atom stereocenters. The van der Waals surface area contributed by atoms with Crippen molar-refractivity contribution in [3.8, 4) is 0 Å². The molecule has 0 bridgehead atoms. The second-order valence-corrected chi connectivity index (χ2v) is 7.11. The average molecular weight is 346 g/mol. The lowest BCUT2D eigenvalue weighted by atomic mass is 9.94. The highest BCUT2D eigenvalue weighted by atomic mass is 16.3. The molecule has 1 aromatic carbocycles. The number of aryl methyl sites for hydroxylation is 1. The number of rotatable bonds is 6. The summed E-state index contributed by atoms with van der Waals surface area (Å²) in [4.78, 5) is 26.9. The smallest absolute Gasteiger partial charge is 0.253 e. The van der Waals surface area contributed by atoms with E-state index in [4.69, 9.17) is 0 Å². The van der Waals surface area contributed by atoms with Gasteiger partial charge in [0.1, 0.15) is 0 Å². The van der Waals surface area contributed by atoms with E-state index in [1.54, 1.807) is 4.90 Å². The second kappa shape index (κ2) is 8.48. The van der Waals surface area contributed by atoms with E-state index in [0.717, 1.165) is 18.4 Å². The Balaban J connectivity index is 1.94. The fourth-order valence-electron chi connectivity index (χ4n) is 3.15. The van der Waals surface area contributed by atoms with Gasteiger partial charge in [0.15, 0.2) is 0 Å². The minimum Gasteiger partial charge on any atom is -0.388 e. The highest BCUT2D eigenvalue weighted by Gasteiger charge is 2.30. The van der Waals surface area contributed by atoms with Crippen molar-refractivity contribution in [1.29, 1.82) is 0 Å². The van der Waals surface area contributed by atoms with Crippen molar-refractivity contribution >= 4 is 11.8 Å². The van der Waals surface area contributed by atoms with E-state index in [2.05, 4.69) is 5.32 Å².